The van der Waals surface area contributed by atoms with Gasteiger partial charge in [-0.1, -0.05) is 6.07 Å². The summed E-state index contributed by atoms with van der Waals surface area (Å²) in [4.78, 5) is 30.4. The minimum absolute atomic E-state index is 0.00600. The molecule has 0 unspecified atom stereocenters. The molecular weight excluding hydrogens is 256 g/mol. The van der Waals surface area contributed by atoms with Gasteiger partial charge in [-0.05, 0) is 30.2 Å². The summed E-state index contributed by atoms with van der Waals surface area (Å²) in [6, 6.07) is 7.36. The molecule has 2 heterocycles. The fraction of sp³-hybridized carbons (Fsp3) is 0.143. The lowest BCUT2D eigenvalue weighted by Crippen LogP contribution is -2.18. The zero-order valence-corrected chi connectivity index (χ0v) is 10.6. The average Bonchev–Trinajstić information content (AvgIpc) is 2.47. The number of fused-ring (bicyclic) bond motifs is 1. The Bertz CT molecular complexity index is 712. The predicted molar refractivity (Wildman–Crippen MR) is 72.9 cm³/mol. The Labute approximate surface area is 115 Å². The Morgan fingerprint density at radius 3 is 2.90 bits per heavy atom. The quantitative estimate of drug-likeness (QED) is 0.852. The van der Waals surface area contributed by atoms with Gasteiger partial charge in [0.2, 0.25) is 11.7 Å². The van der Waals surface area contributed by atoms with Crippen LogP contribution in [0.5, 0.6) is 0 Å². The highest BCUT2D eigenvalue weighted by Gasteiger charge is 2.15. The minimum atomic E-state index is -0.655. The third kappa shape index (κ3) is 2.23. The van der Waals surface area contributed by atoms with Crippen molar-refractivity contribution in [3.63, 3.8) is 0 Å². The van der Waals surface area contributed by atoms with Crippen molar-refractivity contribution >= 4 is 17.5 Å². The fourth-order valence-electron chi connectivity index (χ4n) is 2.18. The number of nitrogens with zero attached hydrogens (tertiary/aromatic N) is 2. The topological polar surface area (TPSA) is 98.0 Å². The number of aryl methyl sites for hydroxylation is 1. The highest BCUT2D eigenvalue weighted by molar-refractivity contribution is 5.94. The third-order valence-electron chi connectivity index (χ3n) is 3.17. The van der Waals surface area contributed by atoms with Crippen LogP contribution in [0.15, 0.2) is 30.5 Å². The zero-order valence-electron chi connectivity index (χ0n) is 10.6. The lowest BCUT2D eigenvalue weighted by molar-refractivity contribution is -0.116. The van der Waals surface area contributed by atoms with Crippen molar-refractivity contribution in [1.82, 2.24) is 9.97 Å². The van der Waals surface area contributed by atoms with Gasteiger partial charge in [0.1, 0.15) is 0 Å². The standard InChI is InChI=1S/C14H12N4O2/c15-13(20)14-16-6-5-11(18-14)8-1-3-10-9(7-8)2-4-12(19)17-10/h1,3,5-7H,2,4H2,(H2,15,20)(H,17,19). The first kappa shape index (κ1) is 12.3. The van der Waals surface area contributed by atoms with E-state index in [4.69, 9.17) is 5.73 Å². The molecule has 0 spiro atoms. The summed E-state index contributed by atoms with van der Waals surface area (Å²) in [5.74, 6) is -0.631. The van der Waals surface area contributed by atoms with E-state index in [0.717, 1.165) is 16.8 Å². The van der Waals surface area contributed by atoms with Crippen LogP contribution >= 0.6 is 0 Å². The molecule has 2 aromatic rings. The lowest BCUT2D eigenvalue weighted by atomic mass is 9.99. The SMILES string of the molecule is NC(=O)c1nccc(-c2ccc3c(c2)CCC(=O)N3)n1. The van der Waals surface area contributed by atoms with Crippen LogP contribution in [-0.2, 0) is 11.2 Å². The molecule has 6 nitrogen and oxygen atoms in total. The summed E-state index contributed by atoms with van der Waals surface area (Å²) in [7, 11) is 0. The van der Waals surface area contributed by atoms with Crippen molar-refractivity contribution in [1.29, 1.82) is 0 Å². The van der Waals surface area contributed by atoms with E-state index in [0.29, 0.717) is 18.5 Å². The van der Waals surface area contributed by atoms with Crippen molar-refractivity contribution in [2.75, 3.05) is 5.32 Å². The highest BCUT2D eigenvalue weighted by atomic mass is 16.2. The summed E-state index contributed by atoms with van der Waals surface area (Å²) < 4.78 is 0. The molecular formula is C14H12N4O2. The molecule has 0 atom stereocenters. The molecule has 1 aliphatic heterocycles. The van der Waals surface area contributed by atoms with Gasteiger partial charge in [0.05, 0.1) is 5.69 Å². The van der Waals surface area contributed by atoms with Crippen molar-refractivity contribution in [3.05, 3.63) is 41.9 Å². The second-order valence-electron chi connectivity index (χ2n) is 4.55. The molecule has 3 N–H and O–H groups in total. The second-order valence-corrected chi connectivity index (χ2v) is 4.55. The molecule has 1 aromatic carbocycles. The second kappa shape index (κ2) is 4.73. The lowest BCUT2D eigenvalue weighted by Gasteiger charge is -2.17. The Morgan fingerprint density at radius 1 is 1.25 bits per heavy atom. The molecule has 0 aliphatic carbocycles. The highest BCUT2D eigenvalue weighted by Crippen LogP contribution is 2.27. The number of aromatic nitrogens is 2. The summed E-state index contributed by atoms with van der Waals surface area (Å²) >= 11 is 0. The predicted octanol–water partition coefficient (Wildman–Crippen LogP) is 1.13. The van der Waals surface area contributed by atoms with Gasteiger partial charge in [-0.25, -0.2) is 9.97 Å². The maximum Gasteiger partial charge on any atom is 0.286 e. The molecule has 20 heavy (non-hydrogen) atoms. The van der Waals surface area contributed by atoms with Gasteiger partial charge in [0.15, 0.2) is 0 Å². The van der Waals surface area contributed by atoms with Gasteiger partial charge in [0, 0.05) is 23.9 Å². The number of rotatable bonds is 2. The van der Waals surface area contributed by atoms with Crippen molar-refractivity contribution in [3.8, 4) is 11.3 Å². The maximum atomic E-state index is 11.3. The maximum absolute atomic E-state index is 11.3. The Balaban J connectivity index is 2.01. The molecule has 0 saturated carbocycles. The van der Waals surface area contributed by atoms with E-state index in [9.17, 15) is 9.59 Å². The molecule has 0 saturated heterocycles. The first-order chi connectivity index (χ1) is 9.63. The molecule has 0 fully saturated rings. The van der Waals surface area contributed by atoms with E-state index in [1.165, 1.54) is 6.20 Å². The van der Waals surface area contributed by atoms with Gasteiger partial charge in [-0.15, -0.1) is 0 Å². The van der Waals surface area contributed by atoms with Crippen molar-refractivity contribution in [2.24, 2.45) is 5.73 Å². The van der Waals surface area contributed by atoms with E-state index in [1.807, 2.05) is 18.2 Å². The van der Waals surface area contributed by atoms with Crippen LogP contribution in [0.25, 0.3) is 11.3 Å². The van der Waals surface area contributed by atoms with E-state index < -0.39 is 5.91 Å². The van der Waals surface area contributed by atoms with Crippen LogP contribution in [0.2, 0.25) is 0 Å². The molecule has 0 bridgehead atoms. The van der Waals surface area contributed by atoms with E-state index in [2.05, 4.69) is 15.3 Å². The normalized spacial score (nSPS) is 13.5. The molecule has 6 heteroatoms. The number of carbonyl (C=O) groups is 2. The summed E-state index contributed by atoms with van der Waals surface area (Å²) in [6.07, 6.45) is 2.68. The van der Waals surface area contributed by atoms with E-state index in [-0.39, 0.29) is 11.7 Å². The van der Waals surface area contributed by atoms with Crippen LogP contribution in [0.1, 0.15) is 22.6 Å². The van der Waals surface area contributed by atoms with Crippen molar-refractivity contribution < 1.29 is 9.59 Å². The molecule has 1 aromatic heterocycles. The van der Waals surface area contributed by atoms with Crippen LogP contribution in [-0.4, -0.2) is 21.8 Å². The van der Waals surface area contributed by atoms with Crippen LogP contribution in [0.4, 0.5) is 5.69 Å². The van der Waals surface area contributed by atoms with Crippen LogP contribution in [0.3, 0.4) is 0 Å². The fourth-order valence-corrected chi connectivity index (χ4v) is 2.18. The smallest absolute Gasteiger partial charge is 0.286 e. The average molecular weight is 268 g/mol. The van der Waals surface area contributed by atoms with Gasteiger partial charge in [0.25, 0.3) is 5.91 Å². The molecule has 0 radical (unpaired) electrons. The van der Waals surface area contributed by atoms with Gasteiger partial charge in [-0.2, -0.15) is 0 Å². The zero-order chi connectivity index (χ0) is 14.1. The molecule has 2 amide bonds. The number of amides is 2. The molecule has 1 aliphatic rings. The first-order valence-electron chi connectivity index (χ1n) is 6.19. The van der Waals surface area contributed by atoms with Crippen molar-refractivity contribution in [2.45, 2.75) is 12.8 Å². The number of nitrogens with two attached hydrogens (primary N) is 1. The Kier molecular flexibility index (Phi) is 2.90. The third-order valence-corrected chi connectivity index (χ3v) is 3.17. The Morgan fingerprint density at radius 2 is 2.10 bits per heavy atom. The molecule has 3 rings (SSSR count). The van der Waals surface area contributed by atoms with Crippen LogP contribution in [0, 0.1) is 0 Å². The largest absolute Gasteiger partial charge is 0.363 e. The number of hydrogen-bond acceptors (Lipinski definition) is 4. The van der Waals surface area contributed by atoms with E-state index in [1.54, 1.807) is 6.07 Å². The number of hydrogen-bond donors (Lipinski definition) is 2. The number of primary amides is 1. The summed E-state index contributed by atoms with van der Waals surface area (Å²) in [6.45, 7) is 0. The van der Waals surface area contributed by atoms with E-state index >= 15 is 0 Å². The summed E-state index contributed by atoms with van der Waals surface area (Å²) in [5, 5.41) is 2.82. The number of nitrogens with one attached hydrogen (secondary N) is 1. The number of anilines is 1. The Hall–Kier alpha value is -2.76. The monoisotopic (exact) mass is 268 g/mol. The number of benzene rings is 1. The summed E-state index contributed by atoms with van der Waals surface area (Å²) in [5.41, 5.74) is 8.56. The molecule has 100 valence electrons. The van der Waals surface area contributed by atoms with Crippen LogP contribution < -0.4 is 11.1 Å². The van der Waals surface area contributed by atoms with Gasteiger partial charge < -0.3 is 11.1 Å². The first-order valence-corrected chi connectivity index (χ1v) is 6.19. The minimum Gasteiger partial charge on any atom is -0.363 e. The van der Waals surface area contributed by atoms with Gasteiger partial charge >= 0.3 is 0 Å². The van der Waals surface area contributed by atoms with Gasteiger partial charge in [-0.3, -0.25) is 9.59 Å². The number of carbonyl (C=O) groups excluding carboxylic acids is 2.